The van der Waals surface area contributed by atoms with Gasteiger partial charge in [0, 0.05) is 36.4 Å². The minimum atomic E-state index is -0.0773. The number of thioether (sulfide) groups is 1. The van der Waals surface area contributed by atoms with Crippen LogP contribution in [-0.2, 0) is 6.42 Å². The fourth-order valence-electron chi connectivity index (χ4n) is 2.59. The Hall–Kier alpha value is -2.08. The van der Waals surface area contributed by atoms with Gasteiger partial charge in [-0.3, -0.25) is 9.78 Å². The third-order valence-corrected chi connectivity index (χ3v) is 5.09. The Balaban J connectivity index is 1.41. The fourth-order valence-corrected chi connectivity index (χ4v) is 3.74. The van der Waals surface area contributed by atoms with Gasteiger partial charge >= 0.3 is 0 Å². The standard InChI is InChI=1S/C18H22N4OS/c23-18(20-10-3-5-15-4-1-2-9-19-15)14-6-7-17(21-12-14)22-16-8-11-24-13-16/h1-2,4,6-7,9,12,16H,3,5,8,10-11,13H2,(H,20,23)(H,21,22)/t16-/m0/s1. The maximum atomic E-state index is 12.1. The first-order valence-corrected chi connectivity index (χ1v) is 9.45. The van der Waals surface area contributed by atoms with Gasteiger partial charge in [-0.15, -0.1) is 0 Å². The summed E-state index contributed by atoms with van der Waals surface area (Å²) in [5.74, 6) is 3.09. The SMILES string of the molecule is O=C(NCCCc1ccccn1)c1ccc(N[C@H]2CCSC2)nc1. The van der Waals surface area contributed by atoms with Crippen molar-refractivity contribution in [1.29, 1.82) is 0 Å². The number of hydrogen-bond acceptors (Lipinski definition) is 5. The second-order valence-electron chi connectivity index (χ2n) is 5.82. The van der Waals surface area contributed by atoms with Crippen molar-refractivity contribution < 1.29 is 4.79 Å². The smallest absolute Gasteiger partial charge is 0.252 e. The molecule has 0 aliphatic carbocycles. The molecule has 3 rings (SSSR count). The van der Waals surface area contributed by atoms with Gasteiger partial charge in [-0.2, -0.15) is 11.8 Å². The summed E-state index contributed by atoms with van der Waals surface area (Å²) in [5.41, 5.74) is 1.65. The van der Waals surface area contributed by atoms with E-state index in [0.717, 1.165) is 30.1 Å². The van der Waals surface area contributed by atoms with Crippen molar-refractivity contribution in [3.8, 4) is 0 Å². The maximum absolute atomic E-state index is 12.1. The fraction of sp³-hybridized carbons (Fsp3) is 0.389. The Bertz CT molecular complexity index is 642. The number of aromatic nitrogens is 2. The zero-order valence-electron chi connectivity index (χ0n) is 13.6. The van der Waals surface area contributed by atoms with Gasteiger partial charge in [0.05, 0.1) is 5.56 Å². The number of nitrogens with zero attached hydrogens (tertiary/aromatic N) is 2. The van der Waals surface area contributed by atoms with Crippen molar-refractivity contribution in [3.63, 3.8) is 0 Å². The van der Waals surface area contributed by atoms with Gasteiger partial charge in [0.15, 0.2) is 0 Å². The number of aryl methyl sites for hydroxylation is 1. The molecule has 0 saturated carbocycles. The molecule has 1 saturated heterocycles. The van der Waals surface area contributed by atoms with Crippen LogP contribution in [0.1, 0.15) is 28.9 Å². The number of rotatable bonds is 7. The highest BCUT2D eigenvalue weighted by molar-refractivity contribution is 7.99. The lowest BCUT2D eigenvalue weighted by molar-refractivity contribution is 0.0953. The maximum Gasteiger partial charge on any atom is 0.252 e. The van der Waals surface area contributed by atoms with E-state index < -0.39 is 0 Å². The summed E-state index contributed by atoms with van der Waals surface area (Å²) >= 11 is 1.96. The molecule has 1 aliphatic heterocycles. The molecule has 126 valence electrons. The topological polar surface area (TPSA) is 66.9 Å². The highest BCUT2D eigenvalue weighted by Crippen LogP contribution is 2.20. The van der Waals surface area contributed by atoms with Crippen molar-refractivity contribution >= 4 is 23.5 Å². The van der Waals surface area contributed by atoms with Gasteiger partial charge in [0.25, 0.3) is 5.91 Å². The van der Waals surface area contributed by atoms with Gasteiger partial charge in [-0.05, 0) is 49.3 Å². The molecule has 3 heterocycles. The van der Waals surface area contributed by atoms with Crippen LogP contribution in [0.4, 0.5) is 5.82 Å². The highest BCUT2D eigenvalue weighted by Gasteiger charge is 2.15. The van der Waals surface area contributed by atoms with Gasteiger partial charge in [0.1, 0.15) is 5.82 Å². The van der Waals surface area contributed by atoms with Crippen LogP contribution in [0.5, 0.6) is 0 Å². The first-order valence-electron chi connectivity index (χ1n) is 8.30. The molecule has 1 aliphatic rings. The lowest BCUT2D eigenvalue weighted by atomic mass is 10.2. The molecule has 0 aromatic carbocycles. The number of nitrogens with one attached hydrogen (secondary N) is 2. The predicted molar refractivity (Wildman–Crippen MR) is 98.5 cm³/mol. The number of carbonyl (C=O) groups excluding carboxylic acids is 1. The van der Waals surface area contributed by atoms with Crippen molar-refractivity contribution in [2.45, 2.75) is 25.3 Å². The van der Waals surface area contributed by atoms with E-state index in [0.29, 0.717) is 18.2 Å². The van der Waals surface area contributed by atoms with Crippen molar-refractivity contribution in [2.24, 2.45) is 0 Å². The van der Waals surface area contributed by atoms with Crippen LogP contribution in [0, 0.1) is 0 Å². The summed E-state index contributed by atoms with van der Waals surface area (Å²) in [6, 6.07) is 10.1. The molecule has 0 spiro atoms. The summed E-state index contributed by atoms with van der Waals surface area (Å²) in [7, 11) is 0. The molecule has 6 heteroatoms. The molecule has 1 fully saturated rings. The predicted octanol–water partition coefficient (Wildman–Crippen LogP) is 2.76. The summed E-state index contributed by atoms with van der Waals surface area (Å²) in [6.45, 7) is 0.634. The van der Waals surface area contributed by atoms with Crippen molar-refractivity contribution in [3.05, 3.63) is 54.0 Å². The van der Waals surface area contributed by atoms with E-state index in [4.69, 9.17) is 0 Å². The normalized spacial score (nSPS) is 16.8. The molecule has 1 atom stereocenters. The van der Waals surface area contributed by atoms with E-state index in [-0.39, 0.29) is 5.91 Å². The number of pyridine rings is 2. The van der Waals surface area contributed by atoms with E-state index in [2.05, 4.69) is 20.6 Å². The van der Waals surface area contributed by atoms with E-state index in [1.54, 1.807) is 12.4 Å². The molecular formula is C18H22N4OS. The number of anilines is 1. The third-order valence-electron chi connectivity index (χ3n) is 3.93. The Kier molecular flexibility index (Phi) is 6.07. The number of amides is 1. The highest BCUT2D eigenvalue weighted by atomic mass is 32.2. The van der Waals surface area contributed by atoms with Crippen LogP contribution in [-0.4, -0.2) is 40.0 Å². The first-order chi connectivity index (χ1) is 11.8. The largest absolute Gasteiger partial charge is 0.366 e. The molecule has 24 heavy (non-hydrogen) atoms. The van der Waals surface area contributed by atoms with E-state index in [9.17, 15) is 4.79 Å². The minimum Gasteiger partial charge on any atom is -0.366 e. The number of carbonyl (C=O) groups is 1. The Morgan fingerprint density at radius 1 is 1.25 bits per heavy atom. The van der Waals surface area contributed by atoms with Crippen LogP contribution in [0.2, 0.25) is 0 Å². The van der Waals surface area contributed by atoms with E-state index in [1.807, 2.05) is 42.1 Å². The van der Waals surface area contributed by atoms with E-state index in [1.165, 1.54) is 12.2 Å². The molecule has 5 nitrogen and oxygen atoms in total. The molecule has 1 amide bonds. The number of hydrogen-bond donors (Lipinski definition) is 2. The zero-order valence-corrected chi connectivity index (χ0v) is 14.4. The molecule has 2 N–H and O–H groups in total. The first kappa shape index (κ1) is 16.8. The van der Waals surface area contributed by atoms with Gasteiger partial charge in [-0.25, -0.2) is 4.98 Å². The Morgan fingerprint density at radius 2 is 2.21 bits per heavy atom. The van der Waals surface area contributed by atoms with Gasteiger partial charge in [0.2, 0.25) is 0 Å². The quantitative estimate of drug-likeness (QED) is 0.758. The zero-order chi connectivity index (χ0) is 16.6. The average molecular weight is 342 g/mol. The van der Waals surface area contributed by atoms with E-state index >= 15 is 0 Å². The van der Waals surface area contributed by atoms with Crippen molar-refractivity contribution in [1.82, 2.24) is 15.3 Å². The van der Waals surface area contributed by atoms with Gasteiger partial charge in [-0.1, -0.05) is 6.07 Å². The Labute approximate surface area is 146 Å². The second-order valence-corrected chi connectivity index (χ2v) is 6.97. The molecule has 0 radical (unpaired) electrons. The second kappa shape index (κ2) is 8.68. The van der Waals surface area contributed by atoms with Crippen LogP contribution < -0.4 is 10.6 Å². The molecule has 2 aromatic heterocycles. The summed E-state index contributed by atoms with van der Waals surface area (Å²) in [4.78, 5) is 20.7. The lowest BCUT2D eigenvalue weighted by Gasteiger charge is -2.12. The third kappa shape index (κ3) is 4.96. The molecule has 0 bridgehead atoms. The summed E-state index contributed by atoms with van der Waals surface area (Å²) in [5, 5.41) is 6.34. The van der Waals surface area contributed by atoms with Crippen LogP contribution >= 0.6 is 11.8 Å². The monoisotopic (exact) mass is 342 g/mol. The molecule has 0 unspecified atom stereocenters. The van der Waals surface area contributed by atoms with Crippen LogP contribution in [0.15, 0.2) is 42.7 Å². The minimum absolute atomic E-state index is 0.0773. The van der Waals surface area contributed by atoms with Crippen LogP contribution in [0.25, 0.3) is 0 Å². The summed E-state index contributed by atoms with van der Waals surface area (Å²) < 4.78 is 0. The Morgan fingerprint density at radius 3 is 2.92 bits per heavy atom. The lowest BCUT2D eigenvalue weighted by Crippen LogP contribution is -2.25. The van der Waals surface area contributed by atoms with Crippen LogP contribution in [0.3, 0.4) is 0 Å². The van der Waals surface area contributed by atoms with Crippen molar-refractivity contribution in [2.75, 3.05) is 23.4 Å². The average Bonchev–Trinajstić information content (AvgIpc) is 3.13. The molecule has 2 aromatic rings. The van der Waals surface area contributed by atoms with Gasteiger partial charge < -0.3 is 10.6 Å². The molecular weight excluding hydrogens is 320 g/mol. The summed E-state index contributed by atoms with van der Waals surface area (Å²) in [6.07, 6.45) is 6.33.